The zero-order valence-electron chi connectivity index (χ0n) is 12.0. The van der Waals surface area contributed by atoms with Gasteiger partial charge in [-0.3, -0.25) is 0 Å². The topological polar surface area (TPSA) is 31.4 Å². The van der Waals surface area contributed by atoms with E-state index in [2.05, 4.69) is 40.3 Å². The van der Waals surface area contributed by atoms with Gasteiger partial charge in [0.15, 0.2) is 0 Å². The zero-order valence-corrected chi connectivity index (χ0v) is 12.7. The summed E-state index contributed by atoms with van der Waals surface area (Å²) in [6, 6.07) is 2.72. The lowest BCUT2D eigenvalue weighted by molar-refractivity contribution is 0.257. The molecule has 2 rings (SSSR count). The molecule has 0 bridgehead atoms. The van der Waals surface area contributed by atoms with E-state index >= 15 is 0 Å². The van der Waals surface area contributed by atoms with E-state index in [-0.39, 0.29) is 0 Å². The SMILES string of the molecule is CNCc1cc(N2CCCC(N(C)C)C2)ncc1Cl. The van der Waals surface area contributed by atoms with Gasteiger partial charge in [0.2, 0.25) is 0 Å². The summed E-state index contributed by atoms with van der Waals surface area (Å²) in [4.78, 5) is 9.15. The predicted molar refractivity (Wildman–Crippen MR) is 80.9 cm³/mol. The smallest absolute Gasteiger partial charge is 0.128 e. The van der Waals surface area contributed by atoms with Crippen LogP contribution in [0.1, 0.15) is 18.4 Å². The lowest BCUT2D eigenvalue weighted by Crippen LogP contribution is -2.45. The van der Waals surface area contributed by atoms with E-state index in [1.165, 1.54) is 12.8 Å². The molecule has 2 heterocycles. The molecular weight excluding hydrogens is 260 g/mol. The van der Waals surface area contributed by atoms with E-state index in [1.807, 2.05) is 7.05 Å². The fourth-order valence-corrected chi connectivity index (χ4v) is 2.72. The standard InChI is InChI=1S/C14H23ClN4/c1-16-8-11-7-14(17-9-13(11)15)19-6-4-5-12(10-19)18(2)3/h7,9,12,16H,4-6,8,10H2,1-3H3. The van der Waals surface area contributed by atoms with Gasteiger partial charge in [-0.2, -0.15) is 0 Å². The highest BCUT2D eigenvalue weighted by Gasteiger charge is 2.22. The molecule has 106 valence electrons. The maximum Gasteiger partial charge on any atom is 0.128 e. The van der Waals surface area contributed by atoms with E-state index in [4.69, 9.17) is 11.6 Å². The van der Waals surface area contributed by atoms with Crippen LogP contribution in [-0.2, 0) is 6.54 Å². The van der Waals surface area contributed by atoms with Gasteiger partial charge >= 0.3 is 0 Å². The van der Waals surface area contributed by atoms with Crippen LogP contribution in [0.4, 0.5) is 5.82 Å². The molecule has 0 saturated carbocycles. The minimum absolute atomic E-state index is 0.610. The fraction of sp³-hybridized carbons (Fsp3) is 0.643. The third-order valence-electron chi connectivity index (χ3n) is 3.74. The molecule has 0 aliphatic carbocycles. The van der Waals surface area contributed by atoms with Crippen LogP contribution in [-0.4, -0.2) is 50.2 Å². The number of halogens is 1. The number of rotatable bonds is 4. The molecule has 1 aliphatic heterocycles. The molecule has 0 radical (unpaired) electrons. The molecule has 5 heteroatoms. The summed E-state index contributed by atoms with van der Waals surface area (Å²) in [6.45, 7) is 2.90. The molecule has 1 N–H and O–H groups in total. The number of pyridine rings is 1. The van der Waals surface area contributed by atoms with Crippen molar-refractivity contribution in [1.29, 1.82) is 0 Å². The molecule has 1 saturated heterocycles. The number of likely N-dealkylation sites (N-methyl/N-ethyl adjacent to an activating group) is 1. The number of hydrogen-bond donors (Lipinski definition) is 1. The zero-order chi connectivity index (χ0) is 13.8. The number of anilines is 1. The Kier molecular flexibility index (Phi) is 5.02. The number of piperidine rings is 1. The molecule has 0 aromatic carbocycles. The molecule has 1 atom stereocenters. The van der Waals surface area contributed by atoms with Gasteiger partial charge < -0.3 is 15.1 Å². The molecule has 1 aliphatic rings. The van der Waals surface area contributed by atoms with Crippen molar-refractivity contribution in [2.24, 2.45) is 0 Å². The molecule has 1 unspecified atom stereocenters. The van der Waals surface area contributed by atoms with Gasteiger partial charge in [0.1, 0.15) is 5.82 Å². The summed E-state index contributed by atoms with van der Waals surface area (Å²) >= 11 is 6.16. The van der Waals surface area contributed by atoms with E-state index in [1.54, 1.807) is 6.20 Å². The highest BCUT2D eigenvalue weighted by Crippen LogP contribution is 2.24. The van der Waals surface area contributed by atoms with Crippen molar-refractivity contribution in [3.63, 3.8) is 0 Å². The van der Waals surface area contributed by atoms with Crippen molar-refractivity contribution in [3.8, 4) is 0 Å². The average Bonchev–Trinajstić information content (AvgIpc) is 2.41. The van der Waals surface area contributed by atoms with Gasteiger partial charge in [-0.15, -0.1) is 0 Å². The molecule has 1 aromatic heterocycles. The Bertz CT molecular complexity index is 422. The minimum Gasteiger partial charge on any atom is -0.355 e. The van der Waals surface area contributed by atoms with Crippen LogP contribution >= 0.6 is 11.6 Å². The van der Waals surface area contributed by atoms with Gasteiger partial charge in [0.25, 0.3) is 0 Å². The minimum atomic E-state index is 0.610. The molecular formula is C14H23ClN4. The molecule has 0 spiro atoms. The first-order chi connectivity index (χ1) is 9.11. The summed E-state index contributed by atoms with van der Waals surface area (Å²) in [5.41, 5.74) is 1.11. The second-order valence-electron chi connectivity index (χ2n) is 5.37. The number of hydrogen-bond acceptors (Lipinski definition) is 4. The van der Waals surface area contributed by atoms with Crippen LogP contribution in [0.5, 0.6) is 0 Å². The molecule has 1 fully saturated rings. The van der Waals surface area contributed by atoms with Crippen LogP contribution in [0.2, 0.25) is 5.02 Å². The van der Waals surface area contributed by atoms with E-state index in [0.29, 0.717) is 6.04 Å². The third kappa shape index (κ3) is 3.59. The van der Waals surface area contributed by atoms with Crippen molar-refractivity contribution in [2.45, 2.75) is 25.4 Å². The van der Waals surface area contributed by atoms with Crippen molar-refractivity contribution in [3.05, 3.63) is 22.8 Å². The van der Waals surface area contributed by atoms with Gasteiger partial charge in [0, 0.05) is 31.9 Å². The highest BCUT2D eigenvalue weighted by atomic mass is 35.5. The van der Waals surface area contributed by atoms with Gasteiger partial charge in [-0.1, -0.05) is 11.6 Å². The van der Waals surface area contributed by atoms with Gasteiger partial charge in [0.05, 0.1) is 5.02 Å². The highest BCUT2D eigenvalue weighted by molar-refractivity contribution is 6.31. The van der Waals surface area contributed by atoms with Crippen LogP contribution in [0.15, 0.2) is 12.3 Å². The summed E-state index contributed by atoms with van der Waals surface area (Å²) in [5.74, 6) is 1.04. The first-order valence-corrected chi connectivity index (χ1v) is 7.20. The third-order valence-corrected chi connectivity index (χ3v) is 4.08. The molecule has 4 nitrogen and oxygen atoms in total. The Morgan fingerprint density at radius 2 is 2.32 bits per heavy atom. The maximum atomic E-state index is 6.16. The van der Waals surface area contributed by atoms with Crippen LogP contribution in [0, 0.1) is 0 Å². The second kappa shape index (κ2) is 6.55. The molecule has 1 aromatic rings. The Hall–Kier alpha value is -0.840. The summed E-state index contributed by atoms with van der Waals surface area (Å²) in [6.07, 6.45) is 4.25. The second-order valence-corrected chi connectivity index (χ2v) is 5.78. The predicted octanol–water partition coefficient (Wildman–Crippen LogP) is 1.98. The number of nitrogens with one attached hydrogen (secondary N) is 1. The first-order valence-electron chi connectivity index (χ1n) is 6.82. The largest absolute Gasteiger partial charge is 0.355 e. The fourth-order valence-electron chi connectivity index (χ4n) is 2.55. The van der Waals surface area contributed by atoms with Crippen LogP contribution in [0.3, 0.4) is 0 Å². The van der Waals surface area contributed by atoms with Gasteiger partial charge in [-0.05, 0) is 45.6 Å². The first kappa shape index (κ1) is 14.6. The Morgan fingerprint density at radius 1 is 1.53 bits per heavy atom. The monoisotopic (exact) mass is 282 g/mol. The molecule has 0 amide bonds. The van der Waals surface area contributed by atoms with E-state index < -0.39 is 0 Å². The Labute approximate surface area is 120 Å². The lowest BCUT2D eigenvalue weighted by Gasteiger charge is -2.37. The molecule has 19 heavy (non-hydrogen) atoms. The van der Waals surface area contributed by atoms with E-state index in [9.17, 15) is 0 Å². The van der Waals surface area contributed by atoms with Gasteiger partial charge in [-0.25, -0.2) is 4.98 Å². The van der Waals surface area contributed by atoms with E-state index in [0.717, 1.165) is 36.0 Å². The van der Waals surface area contributed by atoms with Crippen molar-refractivity contribution in [1.82, 2.24) is 15.2 Å². The normalized spacial score (nSPS) is 20.1. The average molecular weight is 283 g/mol. The maximum absolute atomic E-state index is 6.16. The van der Waals surface area contributed by atoms with Crippen LogP contribution < -0.4 is 10.2 Å². The van der Waals surface area contributed by atoms with Crippen molar-refractivity contribution < 1.29 is 0 Å². The lowest BCUT2D eigenvalue weighted by atomic mass is 10.0. The van der Waals surface area contributed by atoms with Crippen molar-refractivity contribution in [2.75, 3.05) is 39.1 Å². The van der Waals surface area contributed by atoms with Crippen molar-refractivity contribution >= 4 is 17.4 Å². The van der Waals surface area contributed by atoms with Crippen LogP contribution in [0.25, 0.3) is 0 Å². The quantitative estimate of drug-likeness (QED) is 0.915. The summed E-state index contributed by atoms with van der Waals surface area (Å²) < 4.78 is 0. The number of nitrogens with zero attached hydrogens (tertiary/aromatic N) is 3. The number of aromatic nitrogens is 1. The Balaban J connectivity index is 2.14. The summed E-state index contributed by atoms with van der Waals surface area (Å²) in [7, 11) is 6.23. The summed E-state index contributed by atoms with van der Waals surface area (Å²) in [5, 5.41) is 3.88. The Morgan fingerprint density at radius 3 is 3.00 bits per heavy atom.